The SMILES string of the molecule is CCCCCCCCCCCCCCCCCCO[P+]([O-])([O-])c1cc(C)c(C(CCC)c2cc(C(C)(C)C)c([P+](OCCCCCCCCCCCCCCCCCC)(OCCCCCCCCCCCCCCCCCC)OCCCCCCCCCCCCCCCCCC)cc2C)cc1C(C)(C)C. The Hall–Kier alpha value is -0.940. The van der Waals surface area contributed by atoms with Crippen molar-refractivity contribution in [1.29, 1.82) is 0 Å². The molecule has 8 heteroatoms. The van der Waals surface area contributed by atoms with Gasteiger partial charge in [0.15, 0.2) is 5.30 Å². The average Bonchev–Trinajstić information content (AvgIpc) is 0.748. The van der Waals surface area contributed by atoms with Crippen LogP contribution in [0.1, 0.15) is 539 Å². The molecule has 0 bridgehead atoms. The van der Waals surface area contributed by atoms with Crippen molar-refractivity contribution in [2.75, 3.05) is 26.4 Å². The van der Waals surface area contributed by atoms with Crippen LogP contribution in [0.15, 0.2) is 24.3 Å². The average molecular weight is 1520 g/mol. The number of hydrogen-bond donors (Lipinski definition) is 0. The third-order valence-corrected chi connectivity index (χ3v) is 27.3. The van der Waals surface area contributed by atoms with Crippen molar-refractivity contribution in [2.24, 2.45) is 0 Å². The lowest BCUT2D eigenvalue weighted by molar-refractivity contribution is -0.330. The van der Waals surface area contributed by atoms with E-state index in [0.717, 1.165) is 67.8 Å². The van der Waals surface area contributed by atoms with Crippen LogP contribution in [0.3, 0.4) is 0 Å². The van der Waals surface area contributed by atoms with Crippen molar-refractivity contribution in [3.05, 3.63) is 57.6 Å². The number of hydrogen-bond acceptors (Lipinski definition) is 6. The molecule has 0 fully saturated rings. The predicted octanol–water partition coefficient (Wildman–Crippen LogP) is 32.4. The molecule has 2 aromatic rings. The highest BCUT2D eigenvalue weighted by molar-refractivity contribution is 7.69. The van der Waals surface area contributed by atoms with Gasteiger partial charge in [-0.05, 0) is 91.2 Å². The second kappa shape index (κ2) is 67.4. The molecule has 106 heavy (non-hydrogen) atoms. The second-order valence-corrected chi connectivity index (χ2v) is 39.8. The zero-order valence-corrected chi connectivity index (χ0v) is 75.5. The van der Waals surface area contributed by atoms with E-state index in [1.54, 1.807) is 0 Å². The van der Waals surface area contributed by atoms with E-state index in [-0.39, 0.29) is 17.9 Å². The largest absolute Gasteiger partial charge is 0.655 e. The first-order chi connectivity index (χ1) is 51.4. The van der Waals surface area contributed by atoms with Gasteiger partial charge in [0, 0.05) is 17.0 Å². The van der Waals surface area contributed by atoms with Crippen LogP contribution in [0.5, 0.6) is 0 Å². The molecule has 622 valence electrons. The van der Waals surface area contributed by atoms with Crippen LogP contribution in [-0.4, -0.2) is 26.4 Å². The van der Waals surface area contributed by atoms with Gasteiger partial charge in [-0.1, -0.05) is 480 Å². The van der Waals surface area contributed by atoms with Gasteiger partial charge in [-0.2, -0.15) is 13.6 Å². The first-order valence-electron chi connectivity index (χ1n) is 47.5. The lowest BCUT2D eigenvalue weighted by Gasteiger charge is -2.38. The summed E-state index contributed by atoms with van der Waals surface area (Å²) in [4.78, 5) is 29.0. The first-order valence-corrected chi connectivity index (χ1v) is 50.6. The molecule has 6 nitrogen and oxygen atoms in total. The van der Waals surface area contributed by atoms with Crippen LogP contribution in [0.4, 0.5) is 0 Å². The summed E-state index contributed by atoms with van der Waals surface area (Å²) in [5.74, 6) is 0.0585. The Morgan fingerprint density at radius 2 is 0.443 bits per heavy atom. The Kier molecular flexibility index (Phi) is 64.3. The summed E-state index contributed by atoms with van der Waals surface area (Å²) in [5, 5.41) is 1.49. The molecule has 0 aliphatic rings. The van der Waals surface area contributed by atoms with E-state index in [0.29, 0.717) is 25.1 Å². The molecular formula is C98H184O6P2. The minimum absolute atomic E-state index is 0.0585. The molecule has 0 saturated carbocycles. The van der Waals surface area contributed by atoms with E-state index >= 15 is 0 Å². The molecule has 2 aromatic carbocycles. The van der Waals surface area contributed by atoms with Crippen molar-refractivity contribution in [3.8, 4) is 0 Å². The third-order valence-electron chi connectivity index (χ3n) is 23.3. The lowest BCUT2D eigenvalue weighted by Crippen LogP contribution is -2.39. The molecule has 0 aliphatic carbocycles. The highest BCUT2D eigenvalue weighted by atomic mass is 31.2. The fourth-order valence-corrected chi connectivity index (χ4v) is 20.7. The monoisotopic (exact) mass is 1520 g/mol. The van der Waals surface area contributed by atoms with Crippen LogP contribution in [0, 0.1) is 13.8 Å². The van der Waals surface area contributed by atoms with Gasteiger partial charge in [0.25, 0.3) is 0 Å². The van der Waals surface area contributed by atoms with Crippen molar-refractivity contribution in [2.45, 2.75) is 531 Å². The number of benzene rings is 2. The highest BCUT2D eigenvalue weighted by Gasteiger charge is 2.52. The summed E-state index contributed by atoms with van der Waals surface area (Å²) >= 11 is 0. The van der Waals surface area contributed by atoms with Crippen molar-refractivity contribution in [3.63, 3.8) is 0 Å². The Morgan fingerprint density at radius 3 is 0.651 bits per heavy atom. The van der Waals surface area contributed by atoms with Gasteiger partial charge in [0.2, 0.25) is 0 Å². The Balaban J connectivity index is 2.44. The summed E-state index contributed by atoms with van der Waals surface area (Å²) in [6, 6.07) is 9.21. The summed E-state index contributed by atoms with van der Waals surface area (Å²) in [7, 11) is -7.47. The fraction of sp³-hybridized carbons (Fsp3) is 0.878. The molecule has 1 unspecified atom stereocenters. The van der Waals surface area contributed by atoms with Crippen LogP contribution in [0.2, 0.25) is 0 Å². The van der Waals surface area contributed by atoms with Crippen molar-refractivity contribution in [1.82, 2.24) is 0 Å². The van der Waals surface area contributed by atoms with Gasteiger partial charge in [-0.25, -0.2) is 4.52 Å². The topological polar surface area (TPSA) is 83.0 Å². The summed E-state index contributed by atoms with van der Waals surface area (Å²) < 4.78 is 28.6. The van der Waals surface area contributed by atoms with E-state index in [2.05, 4.69) is 108 Å². The Bertz CT molecular complexity index is 2170. The standard InChI is InChI=1S/C98H184O6P2/c1-14-19-23-27-31-35-39-43-47-51-55-59-63-67-71-75-80-101-105(99,100)95-84-88(6)91(86-93(95)97(8,9)10)90(79-18-5)92-87-94(98(11,12)13)96(85-89(92)7)106(102-81-76-72-68-64-60-56-52-48-44-40-36-32-28-24-20-15-2,103-82-77-73-69-65-61-57-53-49-45-41-37-33-29-25-21-16-3)104-83-78-74-70-66-62-58-54-50-46-42-38-34-30-26-22-17-4/h84-87,90H,14-83H2,1-13H3. The Morgan fingerprint density at radius 1 is 0.255 bits per heavy atom. The van der Waals surface area contributed by atoms with Crippen LogP contribution in [-0.2, 0) is 28.9 Å². The molecule has 1 atom stereocenters. The zero-order chi connectivity index (χ0) is 77.4. The minimum Gasteiger partial charge on any atom is -0.655 e. The number of aryl methyl sites for hydroxylation is 2. The second-order valence-electron chi connectivity index (χ2n) is 35.8. The van der Waals surface area contributed by atoms with Gasteiger partial charge < -0.3 is 9.79 Å². The minimum atomic E-state index is -4.38. The maximum Gasteiger partial charge on any atom is 0.448 e. The quantitative estimate of drug-likeness (QED) is 0.0485. The molecular weight excluding hydrogens is 1340 g/mol. The normalized spacial score (nSPS) is 12.8. The smallest absolute Gasteiger partial charge is 0.448 e. The molecule has 0 saturated heterocycles. The van der Waals surface area contributed by atoms with Gasteiger partial charge >= 0.3 is 7.94 Å². The van der Waals surface area contributed by atoms with Crippen molar-refractivity contribution >= 4 is 26.5 Å². The van der Waals surface area contributed by atoms with Crippen LogP contribution >= 0.6 is 15.9 Å². The van der Waals surface area contributed by atoms with E-state index in [1.165, 1.54) is 395 Å². The molecule has 0 N–H and O–H groups in total. The number of unbranched alkanes of at least 4 members (excludes halogenated alkanes) is 60. The van der Waals surface area contributed by atoms with Gasteiger partial charge in [0.1, 0.15) is 5.30 Å². The maximum absolute atomic E-state index is 14.5. The van der Waals surface area contributed by atoms with Crippen LogP contribution < -0.4 is 20.4 Å². The van der Waals surface area contributed by atoms with Crippen LogP contribution in [0.25, 0.3) is 0 Å². The Labute approximate surface area is 665 Å². The zero-order valence-electron chi connectivity index (χ0n) is 73.7. The number of rotatable bonds is 78. The molecule has 0 amide bonds. The predicted molar refractivity (Wildman–Crippen MR) is 472 cm³/mol. The molecule has 2 rings (SSSR count). The fourth-order valence-electron chi connectivity index (χ4n) is 16.3. The van der Waals surface area contributed by atoms with Gasteiger partial charge in [-0.3, -0.25) is 0 Å². The summed E-state index contributed by atoms with van der Waals surface area (Å²) in [6.45, 7) is 31.8. The van der Waals surface area contributed by atoms with E-state index in [1.807, 2.05) is 6.07 Å². The van der Waals surface area contributed by atoms with Gasteiger partial charge in [-0.15, -0.1) is 0 Å². The molecule has 0 heterocycles. The van der Waals surface area contributed by atoms with E-state index in [9.17, 15) is 9.79 Å². The maximum atomic E-state index is 14.5. The highest BCUT2D eigenvalue weighted by Crippen LogP contribution is 2.63. The molecule has 0 spiro atoms. The van der Waals surface area contributed by atoms with Gasteiger partial charge in [0.05, 0.1) is 34.4 Å². The van der Waals surface area contributed by atoms with E-state index < -0.39 is 21.3 Å². The lowest BCUT2D eigenvalue weighted by atomic mass is 9.77. The van der Waals surface area contributed by atoms with Crippen molar-refractivity contribution < 1.29 is 27.9 Å². The van der Waals surface area contributed by atoms with E-state index in [4.69, 9.17) is 18.1 Å². The summed E-state index contributed by atoms with van der Waals surface area (Å²) in [6.07, 6.45) is 87.0. The third kappa shape index (κ3) is 50.3. The molecule has 0 aliphatic heterocycles. The molecule has 0 radical (unpaired) electrons. The first kappa shape index (κ1) is 101. The molecule has 0 aromatic heterocycles. The summed E-state index contributed by atoms with van der Waals surface area (Å²) in [5.41, 5.74) is 6.19.